The summed E-state index contributed by atoms with van der Waals surface area (Å²) in [6.45, 7) is 5.61. The lowest BCUT2D eigenvalue weighted by Crippen LogP contribution is -2.31. The Balaban J connectivity index is 1.50. The lowest BCUT2D eigenvalue weighted by atomic mass is 9.94. The van der Waals surface area contributed by atoms with Crippen molar-refractivity contribution in [2.24, 2.45) is 0 Å². The van der Waals surface area contributed by atoms with Crippen LogP contribution in [0.2, 0.25) is 10.0 Å². The molecule has 1 atom stereocenters. The van der Waals surface area contributed by atoms with E-state index in [9.17, 15) is 14.7 Å². The molecule has 3 heterocycles. The third-order valence-corrected chi connectivity index (χ3v) is 10.00. The van der Waals surface area contributed by atoms with Crippen LogP contribution in [0.5, 0.6) is 0 Å². The summed E-state index contributed by atoms with van der Waals surface area (Å²) in [5.41, 5.74) is 3.25. The van der Waals surface area contributed by atoms with Gasteiger partial charge in [-0.2, -0.15) is 0 Å². The largest absolute Gasteiger partial charge is 0.503 e. The van der Waals surface area contributed by atoms with E-state index >= 15 is 0 Å². The van der Waals surface area contributed by atoms with Crippen molar-refractivity contribution in [3.63, 3.8) is 0 Å². The SMILES string of the molecule is CCc1ccc(C2C(C(=O)c3sc(C)nc3C)=C(O)C(=O)N2c2nnc(SCc3ccc(Cl)cc3Cl)s2)cc1. The van der Waals surface area contributed by atoms with Gasteiger partial charge in [-0.3, -0.25) is 14.5 Å². The number of thiazole rings is 1. The molecule has 0 radical (unpaired) electrons. The molecule has 0 bridgehead atoms. The molecule has 12 heteroatoms. The molecule has 0 spiro atoms. The molecular formula is C27H22Cl2N4O3S3. The summed E-state index contributed by atoms with van der Waals surface area (Å²) in [4.78, 5) is 33.3. The van der Waals surface area contributed by atoms with Crippen LogP contribution in [-0.4, -0.2) is 32.0 Å². The van der Waals surface area contributed by atoms with Gasteiger partial charge in [-0.15, -0.1) is 21.5 Å². The predicted octanol–water partition coefficient (Wildman–Crippen LogP) is 7.56. The van der Waals surface area contributed by atoms with Gasteiger partial charge in [-0.05, 0) is 49.1 Å². The fourth-order valence-corrected chi connectivity index (χ4v) is 7.59. The number of carbonyl (C=O) groups excluding carboxylic acids is 2. The molecule has 2 aromatic heterocycles. The zero-order valence-electron chi connectivity index (χ0n) is 21.1. The Morgan fingerprint density at radius 1 is 1.10 bits per heavy atom. The number of carbonyl (C=O) groups is 2. The van der Waals surface area contributed by atoms with E-state index in [4.69, 9.17) is 23.2 Å². The van der Waals surface area contributed by atoms with Crippen molar-refractivity contribution in [3.8, 4) is 0 Å². The van der Waals surface area contributed by atoms with Crippen molar-refractivity contribution in [2.45, 2.75) is 43.3 Å². The highest BCUT2D eigenvalue weighted by Gasteiger charge is 2.46. The van der Waals surface area contributed by atoms with Crippen LogP contribution in [0, 0.1) is 13.8 Å². The number of nitrogens with zero attached hydrogens (tertiary/aromatic N) is 4. The van der Waals surface area contributed by atoms with Gasteiger partial charge in [0.1, 0.15) is 0 Å². The lowest BCUT2D eigenvalue weighted by molar-refractivity contribution is -0.117. The molecule has 1 amide bonds. The van der Waals surface area contributed by atoms with Crippen LogP contribution in [0.15, 0.2) is 58.1 Å². The number of halogens is 2. The van der Waals surface area contributed by atoms with Crippen LogP contribution in [-0.2, 0) is 17.0 Å². The second-order valence-corrected chi connectivity index (χ2v) is 13.0. The van der Waals surface area contributed by atoms with Gasteiger partial charge in [0, 0.05) is 15.8 Å². The van der Waals surface area contributed by atoms with Crippen molar-refractivity contribution in [3.05, 3.63) is 96.1 Å². The zero-order valence-corrected chi connectivity index (χ0v) is 25.0. The summed E-state index contributed by atoms with van der Waals surface area (Å²) in [7, 11) is 0. The van der Waals surface area contributed by atoms with Crippen LogP contribution in [0.4, 0.5) is 5.13 Å². The molecule has 7 nitrogen and oxygen atoms in total. The van der Waals surface area contributed by atoms with Crippen molar-refractivity contribution in [2.75, 3.05) is 4.90 Å². The minimum Gasteiger partial charge on any atom is -0.503 e. The van der Waals surface area contributed by atoms with Crippen molar-refractivity contribution in [1.29, 1.82) is 0 Å². The van der Waals surface area contributed by atoms with E-state index in [1.54, 1.807) is 19.1 Å². The molecule has 5 rings (SSSR count). The molecule has 0 saturated carbocycles. The number of aromatic nitrogens is 3. The highest BCUT2D eigenvalue weighted by atomic mass is 35.5. The first-order chi connectivity index (χ1) is 18.7. The fourth-order valence-electron chi connectivity index (χ4n) is 4.29. The third kappa shape index (κ3) is 5.49. The smallest absolute Gasteiger partial charge is 0.296 e. The molecule has 1 N–H and O–H groups in total. The number of anilines is 1. The van der Waals surface area contributed by atoms with Crippen LogP contribution < -0.4 is 4.90 Å². The van der Waals surface area contributed by atoms with E-state index in [1.165, 1.54) is 39.3 Å². The number of Topliss-reactive ketones (excluding diaryl/α,β-unsaturated/α-hetero) is 1. The molecule has 4 aromatic rings. The van der Waals surface area contributed by atoms with Crippen molar-refractivity contribution in [1.82, 2.24) is 15.2 Å². The van der Waals surface area contributed by atoms with Gasteiger partial charge in [0.05, 0.1) is 27.2 Å². The minimum absolute atomic E-state index is 0.00773. The fraction of sp³-hybridized carbons (Fsp3) is 0.222. The van der Waals surface area contributed by atoms with Gasteiger partial charge in [0.2, 0.25) is 10.9 Å². The van der Waals surface area contributed by atoms with Gasteiger partial charge >= 0.3 is 0 Å². The summed E-state index contributed by atoms with van der Waals surface area (Å²) in [6, 6.07) is 12.1. The number of rotatable bonds is 8. The molecule has 0 aliphatic carbocycles. The molecule has 2 aromatic carbocycles. The number of aliphatic hydroxyl groups excluding tert-OH is 1. The standard InChI is InChI=1S/C27H22Cl2N4O3S3/c1-4-15-5-7-16(8-6-15)21-20(22(34)24-13(2)30-14(3)38-24)23(35)25(36)33(21)26-31-32-27(39-26)37-12-17-9-10-18(28)11-19(17)29/h5-11,21,35H,4,12H2,1-3H3. The molecule has 0 saturated heterocycles. The average Bonchev–Trinajstić information content (AvgIpc) is 3.59. The predicted molar refractivity (Wildman–Crippen MR) is 158 cm³/mol. The first kappa shape index (κ1) is 27.8. The summed E-state index contributed by atoms with van der Waals surface area (Å²) in [6.07, 6.45) is 0.842. The Labute approximate surface area is 247 Å². The Morgan fingerprint density at radius 3 is 2.49 bits per heavy atom. The normalized spacial score (nSPS) is 15.5. The Morgan fingerprint density at radius 2 is 1.85 bits per heavy atom. The first-order valence-corrected chi connectivity index (χ1v) is 15.3. The van der Waals surface area contributed by atoms with Crippen LogP contribution in [0.25, 0.3) is 0 Å². The Bertz CT molecular complexity index is 1610. The second-order valence-electron chi connectivity index (χ2n) is 8.79. The molecule has 0 fully saturated rings. The van der Waals surface area contributed by atoms with Crippen molar-refractivity contribution < 1.29 is 14.7 Å². The number of aryl methyl sites for hydroxylation is 3. The number of ketones is 1. The molecule has 1 aliphatic rings. The number of hydrogen-bond donors (Lipinski definition) is 1. The van der Waals surface area contributed by atoms with Crippen LogP contribution in [0.1, 0.15) is 50.0 Å². The van der Waals surface area contributed by atoms with E-state index in [0.717, 1.165) is 22.6 Å². The van der Waals surface area contributed by atoms with Crippen LogP contribution in [0.3, 0.4) is 0 Å². The second kappa shape index (κ2) is 11.4. The maximum atomic E-state index is 13.8. The monoisotopic (exact) mass is 616 g/mol. The summed E-state index contributed by atoms with van der Waals surface area (Å²) >= 11 is 16.2. The third-order valence-electron chi connectivity index (χ3n) is 6.23. The van der Waals surface area contributed by atoms with E-state index in [1.807, 2.05) is 44.2 Å². The number of amides is 1. The topological polar surface area (TPSA) is 96.3 Å². The number of hydrogen-bond acceptors (Lipinski definition) is 9. The maximum Gasteiger partial charge on any atom is 0.296 e. The average molecular weight is 618 g/mol. The summed E-state index contributed by atoms with van der Waals surface area (Å²) < 4.78 is 0.608. The van der Waals surface area contributed by atoms with Crippen molar-refractivity contribution >= 4 is 74.5 Å². The molecule has 1 unspecified atom stereocenters. The Kier molecular flexibility index (Phi) is 8.11. The number of benzene rings is 2. The highest BCUT2D eigenvalue weighted by molar-refractivity contribution is 8.00. The quantitative estimate of drug-likeness (QED) is 0.124. The van der Waals surface area contributed by atoms with Gasteiger partial charge in [0.25, 0.3) is 5.91 Å². The number of aliphatic hydroxyl groups is 1. The van der Waals surface area contributed by atoms with E-state index < -0.39 is 23.5 Å². The van der Waals surface area contributed by atoms with Crippen LogP contribution >= 0.6 is 57.6 Å². The lowest BCUT2D eigenvalue weighted by Gasteiger charge is -2.24. The van der Waals surface area contributed by atoms with E-state index in [-0.39, 0.29) is 10.7 Å². The minimum atomic E-state index is -0.866. The Hall–Kier alpha value is -2.76. The summed E-state index contributed by atoms with van der Waals surface area (Å²) in [5.74, 6) is -1.19. The highest BCUT2D eigenvalue weighted by Crippen LogP contribution is 2.44. The van der Waals surface area contributed by atoms with Gasteiger partial charge < -0.3 is 5.11 Å². The zero-order chi connectivity index (χ0) is 27.8. The van der Waals surface area contributed by atoms with Gasteiger partial charge in [-0.25, -0.2) is 4.98 Å². The first-order valence-electron chi connectivity index (χ1n) is 11.9. The molecule has 200 valence electrons. The van der Waals surface area contributed by atoms with Gasteiger partial charge in [-0.1, -0.05) is 83.6 Å². The molecular weight excluding hydrogens is 595 g/mol. The summed E-state index contributed by atoms with van der Waals surface area (Å²) in [5, 5.41) is 21.7. The van der Waals surface area contributed by atoms with E-state index in [2.05, 4.69) is 15.2 Å². The molecule has 39 heavy (non-hydrogen) atoms. The number of thioether (sulfide) groups is 1. The molecule has 1 aliphatic heterocycles. The maximum absolute atomic E-state index is 13.8. The van der Waals surface area contributed by atoms with E-state index in [0.29, 0.717) is 36.3 Å². The van der Waals surface area contributed by atoms with Gasteiger partial charge in [0.15, 0.2) is 10.1 Å².